The van der Waals surface area contributed by atoms with E-state index in [0.29, 0.717) is 34.6 Å². The number of amides is 2. The van der Waals surface area contributed by atoms with Gasteiger partial charge in [-0.3, -0.25) is 9.59 Å². The predicted octanol–water partition coefficient (Wildman–Crippen LogP) is 0.473. The Bertz CT molecular complexity index is 1240. The van der Waals surface area contributed by atoms with Crippen LogP contribution in [0.2, 0.25) is 0 Å². The van der Waals surface area contributed by atoms with Gasteiger partial charge in [-0.05, 0) is 24.3 Å². The van der Waals surface area contributed by atoms with E-state index in [0.717, 1.165) is 0 Å². The molecule has 4 rings (SSSR count). The fourth-order valence-corrected chi connectivity index (χ4v) is 3.35. The summed E-state index contributed by atoms with van der Waals surface area (Å²) in [6.07, 6.45) is 1.83. The minimum Gasteiger partial charge on any atom is -0.497 e. The highest BCUT2D eigenvalue weighted by atomic mass is 16.5. The molecule has 1 aliphatic heterocycles. The maximum absolute atomic E-state index is 12.2. The smallest absolute Gasteiger partial charge is 0.269 e. The number of likely N-dealkylation sites (N-methyl/N-ethyl adjacent to an activating group) is 1. The van der Waals surface area contributed by atoms with Crippen LogP contribution < -0.4 is 10.5 Å². The number of carbonyl (C=O) groups excluding carboxylic acids is 2. The number of pyridine rings is 1. The number of rotatable bonds is 3. The van der Waals surface area contributed by atoms with Gasteiger partial charge in [0.05, 0.1) is 18.2 Å². The van der Waals surface area contributed by atoms with Crippen molar-refractivity contribution in [3.8, 4) is 23.3 Å². The first-order valence-electron chi connectivity index (χ1n) is 9.16. The molecular formula is C21H19N5O4. The van der Waals surface area contributed by atoms with Crippen LogP contribution in [0.3, 0.4) is 0 Å². The summed E-state index contributed by atoms with van der Waals surface area (Å²) in [6, 6.07) is 8.50. The molecule has 2 aromatic heterocycles. The molecule has 152 valence electrons. The minimum absolute atomic E-state index is 0.0995. The van der Waals surface area contributed by atoms with Crippen molar-refractivity contribution < 1.29 is 19.4 Å². The van der Waals surface area contributed by atoms with Crippen LogP contribution in [0.4, 0.5) is 0 Å². The van der Waals surface area contributed by atoms with Crippen molar-refractivity contribution in [1.29, 1.82) is 0 Å². The number of ether oxygens (including phenoxy) is 1. The summed E-state index contributed by atoms with van der Waals surface area (Å²) >= 11 is 0. The summed E-state index contributed by atoms with van der Waals surface area (Å²) in [7, 11) is 3.13. The van der Waals surface area contributed by atoms with Gasteiger partial charge in [-0.1, -0.05) is 11.8 Å². The van der Waals surface area contributed by atoms with Gasteiger partial charge in [0.25, 0.3) is 11.8 Å². The normalized spacial score (nSPS) is 18.4. The third-order valence-corrected chi connectivity index (χ3v) is 4.97. The second-order valence-corrected chi connectivity index (χ2v) is 7.01. The molecule has 2 amide bonds. The van der Waals surface area contributed by atoms with Gasteiger partial charge in [0.2, 0.25) is 5.60 Å². The van der Waals surface area contributed by atoms with Crippen molar-refractivity contribution in [2.75, 3.05) is 20.7 Å². The highest BCUT2D eigenvalue weighted by Crippen LogP contribution is 2.25. The van der Waals surface area contributed by atoms with Gasteiger partial charge in [-0.2, -0.15) is 5.10 Å². The number of aromatic nitrogens is 3. The second kappa shape index (κ2) is 7.17. The van der Waals surface area contributed by atoms with Crippen LogP contribution in [0.25, 0.3) is 16.7 Å². The molecule has 0 saturated carbocycles. The number of fused-ring (bicyclic) bond motifs is 1. The predicted molar refractivity (Wildman–Crippen MR) is 108 cm³/mol. The Morgan fingerprint density at radius 2 is 2.17 bits per heavy atom. The number of carbonyl (C=O) groups is 2. The number of methoxy groups -OCH3 is 1. The molecule has 9 nitrogen and oxygen atoms in total. The quantitative estimate of drug-likeness (QED) is 0.611. The molecule has 0 radical (unpaired) electrons. The molecule has 0 unspecified atom stereocenters. The Hall–Kier alpha value is -3.90. The molecule has 1 aromatic carbocycles. The highest BCUT2D eigenvalue weighted by Gasteiger charge is 2.42. The first-order chi connectivity index (χ1) is 14.3. The summed E-state index contributed by atoms with van der Waals surface area (Å²) in [5, 5.41) is 15.4. The molecule has 0 spiro atoms. The van der Waals surface area contributed by atoms with E-state index in [1.165, 1.54) is 16.7 Å². The molecular weight excluding hydrogens is 386 g/mol. The molecule has 1 aliphatic rings. The Balaban J connectivity index is 1.83. The van der Waals surface area contributed by atoms with E-state index in [2.05, 4.69) is 21.9 Å². The Morgan fingerprint density at radius 3 is 2.83 bits per heavy atom. The summed E-state index contributed by atoms with van der Waals surface area (Å²) in [6.45, 7) is 0.439. The average molecular weight is 405 g/mol. The van der Waals surface area contributed by atoms with Crippen LogP contribution in [0.1, 0.15) is 22.5 Å². The van der Waals surface area contributed by atoms with Crippen molar-refractivity contribution in [3.63, 3.8) is 0 Å². The Morgan fingerprint density at radius 1 is 1.37 bits per heavy atom. The van der Waals surface area contributed by atoms with Crippen LogP contribution in [0.15, 0.2) is 36.5 Å². The second-order valence-electron chi connectivity index (χ2n) is 7.01. The summed E-state index contributed by atoms with van der Waals surface area (Å²) < 4.78 is 6.84. The topological polar surface area (TPSA) is 124 Å². The zero-order valence-corrected chi connectivity index (χ0v) is 16.4. The lowest BCUT2D eigenvalue weighted by molar-refractivity contribution is -0.137. The standard InChI is InChI=1S/C21H19N5O4/c1-25-9-7-21(29,20(25)28)6-5-13-10-14(12-15(11-13)30-2)26-19-16(4-3-8-23-19)17(24-26)18(22)27/h3-4,8,10-12,29H,7,9H2,1-2H3,(H2,22,27)/t21-/m0/s1. The maximum Gasteiger partial charge on any atom is 0.269 e. The van der Waals surface area contributed by atoms with Crippen molar-refractivity contribution in [1.82, 2.24) is 19.7 Å². The lowest BCUT2D eigenvalue weighted by Gasteiger charge is -2.13. The number of benzene rings is 1. The average Bonchev–Trinajstić information content (AvgIpc) is 3.26. The van der Waals surface area contributed by atoms with E-state index in [1.54, 1.807) is 43.6 Å². The number of nitrogens with two attached hydrogens (primary N) is 1. The number of primary amides is 1. The monoisotopic (exact) mass is 405 g/mol. The molecule has 0 bridgehead atoms. The number of likely N-dealkylation sites (tertiary alicyclic amines) is 1. The van der Waals surface area contributed by atoms with Crippen LogP contribution >= 0.6 is 0 Å². The summed E-state index contributed by atoms with van der Waals surface area (Å²) in [4.78, 5) is 29.7. The number of aliphatic hydroxyl groups is 1. The van der Waals surface area contributed by atoms with E-state index >= 15 is 0 Å². The first kappa shape index (κ1) is 19.4. The van der Waals surface area contributed by atoms with Crippen LogP contribution in [-0.4, -0.2) is 62.9 Å². The van der Waals surface area contributed by atoms with Gasteiger partial charge in [0.1, 0.15) is 5.75 Å². The van der Waals surface area contributed by atoms with Gasteiger partial charge in [-0.15, -0.1) is 0 Å². The van der Waals surface area contributed by atoms with E-state index in [4.69, 9.17) is 10.5 Å². The Kier molecular flexibility index (Phi) is 4.64. The Labute approximate surface area is 172 Å². The van der Waals surface area contributed by atoms with Crippen molar-refractivity contribution in [2.24, 2.45) is 5.73 Å². The van der Waals surface area contributed by atoms with Crippen LogP contribution in [-0.2, 0) is 4.79 Å². The zero-order valence-electron chi connectivity index (χ0n) is 16.4. The molecule has 3 heterocycles. The molecule has 30 heavy (non-hydrogen) atoms. The molecule has 3 N–H and O–H groups in total. The number of hydrogen-bond acceptors (Lipinski definition) is 6. The van der Waals surface area contributed by atoms with E-state index in [9.17, 15) is 14.7 Å². The van der Waals surface area contributed by atoms with Gasteiger partial charge in [0.15, 0.2) is 11.3 Å². The molecule has 1 atom stereocenters. The van der Waals surface area contributed by atoms with E-state index in [1.807, 2.05) is 0 Å². The van der Waals surface area contributed by atoms with E-state index in [-0.39, 0.29) is 12.1 Å². The molecule has 1 saturated heterocycles. The maximum atomic E-state index is 12.2. The molecule has 0 aliphatic carbocycles. The minimum atomic E-state index is -1.71. The number of nitrogens with zero attached hydrogens (tertiary/aromatic N) is 4. The molecule has 1 fully saturated rings. The van der Waals surface area contributed by atoms with Gasteiger partial charge >= 0.3 is 0 Å². The fourth-order valence-electron chi connectivity index (χ4n) is 3.35. The third-order valence-electron chi connectivity index (χ3n) is 4.97. The first-order valence-corrected chi connectivity index (χ1v) is 9.16. The summed E-state index contributed by atoms with van der Waals surface area (Å²) in [5.74, 6) is 4.94. The zero-order chi connectivity index (χ0) is 21.5. The largest absolute Gasteiger partial charge is 0.497 e. The molecule has 9 heteroatoms. The fraction of sp³-hybridized carbons (Fsp3) is 0.238. The third kappa shape index (κ3) is 3.23. The van der Waals surface area contributed by atoms with Crippen molar-refractivity contribution in [2.45, 2.75) is 12.0 Å². The lowest BCUT2D eigenvalue weighted by Crippen LogP contribution is -2.37. The molecule has 3 aromatic rings. The summed E-state index contributed by atoms with van der Waals surface area (Å²) in [5.41, 5.74) is 5.34. The van der Waals surface area contributed by atoms with E-state index < -0.39 is 17.4 Å². The van der Waals surface area contributed by atoms with Crippen molar-refractivity contribution in [3.05, 3.63) is 47.8 Å². The van der Waals surface area contributed by atoms with Crippen LogP contribution in [0.5, 0.6) is 5.75 Å². The SMILES string of the molecule is COc1cc(C#C[C@]2(O)CCN(C)C2=O)cc(-n2nc(C(N)=O)c3cccnc32)c1. The van der Waals surface area contributed by atoms with Crippen LogP contribution in [0, 0.1) is 11.8 Å². The van der Waals surface area contributed by atoms with Gasteiger partial charge < -0.3 is 20.5 Å². The highest BCUT2D eigenvalue weighted by molar-refractivity contribution is 6.03. The van der Waals surface area contributed by atoms with Gasteiger partial charge in [-0.25, -0.2) is 9.67 Å². The number of hydrogen-bond donors (Lipinski definition) is 2. The van der Waals surface area contributed by atoms with Crippen molar-refractivity contribution >= 4 is 22.8 Å². The van der Waals surface area contributed by atoms with Gasteiger partial charge in [0, 0.05) is 37.8 Å². The lowest BCUT2D eigenvalue weighted by atomic mass is 10.0.